The fraction of sp³-hybridized carbons (Fsp3) is 0.150. The molecule has 1 aliphatic rings. The van der Waals surface area contributed by atoms with E-state index in [9.17, 15) is 4.39 Å². The minimum absolute atomic E-state index is 0.217. The van der Waals surface area contributed by atoms with Crippen molar-refractivity contribution in [2.75, 3.05) is 11.9 Å². The molecule has 0 fully saturated rings. The van der Waals surface area contributed by atoms with Gasteiger partial charge in [-0.2, -0.15) is 0 Å². The zero-order chi connectivity index (χ0) is 17.0. The maximum absolute atomic E-state index is 13.3. The third-order valence-electron chi connectivity index (χ3n) is 4.72. The number of anilines is 1. The predicted molar refractivity (Wildman–Crippen MR) is 101 cm³/mol. The molecule has 2 aromatic carbocycles. The Labute approximate surface area is 148 Å². The summed E-state index contributed by atoms with van der Waals surface area (Å²) >= 11 is 1.66. The summed E-state index contributed by atoms with van der Waals surface area (Å²) in [6.07, 6.45) is 3.15. The van der Waals surface area contributed by atoms with E-state index >= 15 is 0 Å². The first-order valence-electron chi connectivity index (χ1n) is 8.31. The predicted octanol–water partition coefficient (Wildman–Crippen LogP) is 5.15. The van der Waals surface area contributed by atoms with Gasteiger partial charge in [-0.25, -0.2) is 9.37 Å². The van der Waals surface area contributed by atoms with Crippen LogP contribution in [0.1, 0.15) is 10.4 Å². The topological polar surface area (TPSA) is 29.3 Å². The van der Waals surface area contributed by atoms with Gasteiger partial charge in [-0.05, 0) is 60.9 Å². The van der Waals surface area contributed by atoms with E-state index in [1.807, 2.05) is 12.1 Å². The van der Waals surface area contributed by atoms with E-state index in [0.29, 0.717) is 0 Å². The summed E-state index contributed by atoms with van der Waals surface area (Å²) < 4.78 is 15.4. The van der Waals surface area contributed by atoms with E-state index in [4.69, 9.17) is 4.98 Å². The van der Waals surface area contributed by atoms with Gasteiger partial charge in [-0.15, -0.1) is 11.3 Å². The minimum Gasteiger partial charge on any atom is -0.384 e. The normalized spacial score (nSPS) is 13.2. The van der Waals surface area contributed by atoms with E-state index in [1.165, 1.54) is 28.3 Å². The van der Waals surface area contributed by atoms with Crippen LogP contribution in [0, 0.1) is 12.7 Å². The van der Waals surface area contributed by atoms with Crippen molar-refractivity contribution >= 4 is 22.0 Å². The fourth-order valence-electron chi connectivity index (χ4n) is 3.50. The molecule has 0 aliphatic carbocycles. The van der Waals surface area contributed by atoms with E-state index in [-0.39, 0.29) is 5.82 Å². The lowest BCUT2D eigenvalue weighted by molar-refractivity contribution is 0.628. The highest BCUT2D eigenvalue weighted by Crippen LogP contribution is 2.34. The molecule has 1 N–H and O–H groups in total. The molecule has 0 atom stereocenters. The average molecular weight is 349 g/mol. The number of imidazole rings is 1. The first-order valence-corrected chi connectivity index (χ1v) is 9.12. The molecule has 2 aromatic heterocycles. The SMILES string of the molecule is Cc1sc2nc(-c3ccc4c(c3)CCN4)cn2c1-c1ccc(F)cc1. The molecule has 0 unspecified atom stereocenters. The summed E-state index contributed by atoms with van der Waals surface area (Å²) in [6, 6.07) is 13.1. The molecule has 0 saturated heterocycles. The number of nitrogens with zero attached hydrogens (tertiary/aromatic N) is 2. The first kappa shape index (κ1) is 14.7. The van der Waals surface area contributed by atoms with E-state index < -0.39 is 0 Å². The van der Waals surface area contributed by atoms with Gasteiger partial charge in [0, 0.05) is 28.9 Å². The van der Waals surface area contributed by atoms with E-state index in [1.54, 1.807) is 11.3 Å². The van der Waals surface area contributed by atoms with Crippen LogP contribution in [0.5, 0.6) is 0 Å². The third kappa shape index (κ3) is 2.35. The highest BCUT2D eigenvalue weighted by molar-refractivity contribution is 7.17. The second-order valence-corrected chi connectivity index (χ2v) is 7.52. The van der Waals surface area contributed by atoms with Gasteiger partial charge in [0.25, 0.3) is 0 Å². The van der Waals surface area contributed by atoms with Gasteiger partial charge in [0.15, 0.2) is 4.96 Å². The zero-order valence-electron chi connectivity index (χ0n) is 13.7. The largest absolute Gasteiger partial charge is 0.384 e. The number of aryl methyl sites for hydroxylation is 1. The molecule has 1 aliphatic heterocycles. The molecule has 5 rings (SSSR count). The molecule has 0 bridgehead atoms. The van der Waals surface area contributed by atoms with Crippen molar-refractivity contribution in [2.45, 2.75) is 13.3 Å². The molecule has 124 valence electrons. The number of rotatable bonds is 2. The van der Waals surface area contributed by atoms with Crippen LogP contribution in [-0.2, 0) is 6.42 Å². The number of halogens is 1. The van der Waals surface area contributed by atoms with Crippen molar-refractivity contribution in [3.63, 3.8) is 0 Å². The lowest BCUT2D eigenvalue weighted by Gasteiger charge is -2.03. The van der Waals surface area contributed by atoms with Gasteiger partial charge in [-0.3, -0.25) is 4.40 Å². The second kappa shape index (κ2) is 5.43. The lowest BCUT2D eigenvalue weighted by atomic mass is 10.1. The minimum atomic E-state index is -0.217. The average Bonchev–Trinajstić information content (AvgIpc) is 3.29. The van der Waals surface area contributed by atoms with Crippen molar-refractivity contribution in [1.29, 1.82) is 0 Å². The van der Waals surface area contributed by atoms with Crippen LogP contribution in [0.3, 0.4) is 0 Å². The molecule has 0 spiro atoms. The Morgan fingerprint density at radius 3 is 2.76 bits per heavy atom. The summed E-state index contributed by atoms with van der Waals surface area (Å²) in [5.41, 5.74) is 6.79. The Morgan fingerprint density at radius 2 is 1.92 bits per heavy atom. The number of benzene rings is 2. The summed E-state index contributed by atoms with van der Waals surface area (Å²) in [5.74, 6) is -0.217. The molecule has 3 heterocycles. The summed E-state index contributed by atoms with van der Waals surface area (Å²) in [7, 11) is 0. The smallest absolute Gasteiger partial charge is 0.194 e. The van der Waals surface area contributed by atoms with Crippen molar-refractivity contribution < 1.29 is 4.39 Å². The van der Waals surface area contributed by atoms with Gasteiger partial charge in [0.2, 0.25) is 0 Å². The molecule has 0 amide bonds. The Balaban J connectivity index is 1.64. The summed E-state index contributed by atoms with van der Waals surface area (Å²) in [5, 5.41) is 3.39. The van der Waals surface area contributed by atoms with E-state index in [0.717, 1.165) is 40.4 Å². The Kier molecular flexibility index (Phi) is 3.18. The highest BCUT2D eigenvalue weighted by Gasteiger charge is 2.16. The standard InChI is InChI=1S/C20H16FN3S/c1-12-19(13-2-5-16(21)6-3-13)24-11-18(23-20(24)25-12)14-4-7-17-15(10-14)8-9-22-17/h2-7,10-11,22H,8-9H2,1H3. The van der Waals surface area contributed by atoms with Crippen LogP contribution >= 0.6 is 11.3 Å². The first-order chi connectivity index (χ1) is 12.2. The van der Waals surface area contributed by atoms with Crippen LogP contribution in [0.25, 0.3) is 27.5 Å². The van der Waals surface area contributed by atoms with Crippen molar-refractivity contribution in [1.82, 2.24) is 9.38 Å². The molecular weight excluding hydrogens is 333 g/mol. The van der Waals surface area contributed by atoms with Gasteiger partial charge >= 0.3 is 0 Å². The van der Waals surface area contributed by atoms with Crippen molar-refractivity contribution in [2.24, 2.45) is 0 Å². The Hall–Kier alpha value is -2.66. The van der Waals surface area contributed by atoms with Gasteiger partial charge < -0.3 is 5.32 Å². The number of nitrogens with one attached hydrogen (secondary N) is 1. The van der Waals surface area contributed by atoms with Crippen LogP contribution in [0.15, 0.2) is 48.7 Å². The van der Waals surface area contributed by atoms with Crippen LogP contribution < -0.4 is 5.32 Å². The molecule has 25 heavy (non-hydrogen) atoms. The molecule has 3 nitrogen and oxygen atoms in total. The van der Waals surface area contributed by atoms with Gasteiger partial charge in [-0.1, -0.05) is 6.07 Å². The van der Waals surface area contributed by atoms with Crippen LogP contribution in [-0.4, -0.2) is 15.9 Å². The van der Waals surface area contributed by atoms with Crippen molar-refractivity contribution in [3.8, 4) is 22.5 Å². The summed E-state index contributed by atoms with van der Waals surface area (Å²) in [6.45, 7) is 3.09. The monoisotopic (exact) mass is 349 g/mol. The van der Waals surface area contributed by atoms with Crippen molar-refractivity contribution in [3.05, 3.63) is 64.9 Å². The maximum atomic E-state index is 13.3. The van der Waals surface area contributed by atoms with Gasteiger partial charge in [0.1, 0.15) is 5.82 Å². The molecule has 5 heteroatoms. The summed E-state index contributed by atoms with van der Waals surface area (Å²) in [4.78, 5) is 6.96. The number of hydrogen-bond acceptors (Lipinski definition) is 3. The van der Waals surface area contributed by atoms with Crippen LogP contribution in [0.4, 0.5) is 10.1 Å². The number of hydrogen-bond donors (Lipinski definition) is 1. The lowest BCUT2D eigenvalue weighted by Crippen LogP contribution is -1.90. The third-order valence-corrected chi connectivity index (χ3v) is 5.69. The Bertz CT molecular complexity index is 1090. The second-order valence-electron chi connectivity index (χ2n) is 6.34. The molecule has 0 saturated carbocycles. The number of thiazole rings is 1. The maximum Gasteiger partial charge on any atom is 0.194 e. The number of fused-ring (bicyclic) bond motifs is 2. The van der Waals surface area contributed by atoms with E-state index in [2.05, 4.69) is 41.0 Å². The molecular formula is C20H16FN3S. The zero-order valence-corrected chi connectivity index (χ0v) is 14.5. The van der Waals surface area contributed by atoms with Gasteiger partial charge in [0.05, 0.1) is 11.4 Å². The Morgan fingerprint density at radius 1 is 1.12 bits per heavy atom. The fourth-order valence-corrected chi connectivity index (χ4v) is 4.48. The van der Waals surface area contributed by atoms with Crippen LogP contribution in [0.2, 0.25) is 0 Å². The highest BCUT2D eigenvalue weighted by atomic mass is 32.1. The quantitative estimate of drug-likeness (QED) is 0.542. The number of aromatic nitrogens is 2. The molecule has 4 aromatic rings. The molecule has 0 radical (unpaired) electrons.